The van der Waals surface area contributed by atoms with Crippen molar-refractivity contribution >= 4 is 0 Å². The second kappa shape index (κ2) is 10.7. The Labute approximate surface area is 198 Å². The van der Waals surface area contributed by atoms with Gasteiger partial charge in [0.05, 0.1) is 12.7 Å². The molecule has 3 aromatic rings. The number of benzene rings is 3. The van der Waals surface area contributed by atoms with Gasteiger partial charge in [-0.3, -0.25) is 0 Å². The molecule has 0 spiro atoms. The predicted molar refractivity (Wildman–Crippen MR) is 127 cm³/mol. The number of aryl methyl sites for hydroxylation is 2. The number of halogens is 4. The Bertz CT molecular complexity index is 1130. The van der Waals surface area contributed by atoms with Crippen molar-refractivity contribution in [3.8, 4) is 11.1 Å². The van der Waals surface area contributed by atoms with E-state index in [4.69, 9.17) is 4.74 Å². The molecule has 0 amide bonds. The first-order chi connectivity index (χ1) is 16.4. The Morgan fingerprint density at radius 1 is 0.765 bits per heavy atom. The lowest BCUT2D eigenvalue weighted by Crippen LogP contribution is -2.21. The first-order valence-electron chi connectivity index (χ1n) is 12.0. The molecule has 0 atom stereocenters. The molecule has 0 N–H and O–H groups in total. The van der Waals surface area contributed by atoms with Crippen LogP contribution >= 0.6 is 0 Å². The summed E-state index contributed by atoms with van der Waals surface area (Å²) < 4.78 is 63.7. The van der Waals surface area contributed by atoms with Crippen molar-refractivity contribution < 1.29 is 22.3 Å². The number of hydrogen-bond acceptors (Lipinski definition) is 1. The van der Waals surface area contributed by atoms with Gasteiger partial charge in [-0.25, -0.2) is 17.6 Å². The third-order valence-electron chi connectivity index (χ3n) is 6.86. The lowest BCUT2D eigenvalue weighted by atomic mass is 9.82. The van der Waals surface area contributed by atoms with Gasteiger partial charge in [-0.1, -0.05) is 61.9 Å². The summed E-state index contributed by atoms with van der Waals surface area (Å²) >= 11 is 0. The van der Waals surface area contributed by atoms with Gasteiger partial charge in [0.1, 0.15) is 0 Å². The van der Waals surface area contributed by atoms with Crippen LogP contribution in [0.3, 0.4) is 0 Å². The van der Waals surface area contributed by atoms with Crippen LogP contribution in [0.25, 0.3) is 11.1 Å². The molecular weight excluding hydrogens is 440 g/mol. The molecule has 0 unspecified atom stereocenters. The summed E-state index contributed by atoms with van der Waals surface area (Å²) in [5, 5.41) is 0. The van der Waals surface area contributed by atoms with E-state index in [0.29, 0.717) is 42.4 Å². The maximum Gasteiger partial charge on any atom is 0.167 e. The van der Waals surface area contributed by atoms with E-state index in [-0.39, 0.29) is 29.8 Å². The van der Waals surface area contributed by atoms with Gasteiger partial charge >= 0.3 is 0 Å². The Kier molecular flexibility index (Phi) is 7.72. The normalized spacial score (nSPS) is 18.3. The molecule has 180 valence electrons. The quantitative estimate of drug-likeness (QED) is 0.315. The van der Waals surface area contributed by atoms with Crippen molar-refractivity contribution in [3.05, 3.63) is 94.1 Å². The fraction of sp³-hybridized carbons (Fsp3) is 0.379. The summed E-state index contributed by atoms with van der Waals surface area (Å²) in [6.07, 6.45) is 4.49. The highest BCUT2D eigenvalue weighted by atomic mass is 19.2. The van der Waals surface area contributed by atoms with Crippen molar-refractivity contribution in [2.75, 3.05) is 0 Å². The van der Waals surface area contributed by atoms with Crippen molar-refractivity contribution in [1.29, 1.82) is 0 Å². The van der Waals surface area contributed by atoms with Crippen molar-refractivity contribution in [1.82, 2.24) is 0 Å². The van der Waals surface area contributed by atoms with E-state index < -0.39 is 23.3 Å². The molecule has 3 aromatic carbocycles. The van der Waals surface area contributed by atoms with E-state index in [2.05, 4.69) is 6.92 Å². The minimum Gasteiger partial charge on any atom is -0.373 e. The monoisotopic (exact) mass is 470 g/mol. The van der Waals surface area contributed by atoms with Gasteiger partial charge in [-0.05, 0) is 67.2 Å². The molecule has 1 aliphatic rings. The van der Waals surface area contributed by atoms with Gasteiger partial charge in [0.15, 0.2) is 23.3 Å². The lowest BCUT2D eigenvalue weighted by molar-refractivity contribution is 0.0116. The van der Waals surface area contributed by atoms with Crippen LogP contribution in [0.5, 0.6) is 0 Å². The SMILES string of the molecule is CCCc1ccc(-c2ccc(COC3CCC(c4ccc(C)c(F)c4F)CC3)c(F)c2F)cc1. The highest BCUT2D eigenvalue weighted by Gasteiger charge is 2.27. The highest BCUT2D eigenvalue weighted by molar-refractivity contribution is 5.65. The van der Waals surface area contributed by atoms with Crippen LogP contribution in [-0.4, -0.2) is 6.10 Å². The number of rotatable bonds is 7. The average Bonchev–Trinajstić information content (AvgIpc) is 2.85. The van der Waals surface area contributed by atoms with E-state index in [1.165, 1.54) is 5.56 Å². The molecule has 0 bridgehead atoms. The van der Waals surface area contributed by atoms with Crippen LogP contribution in [0.2, 0.25) is 0 Å². The van der Waals surface area contributed by atoms with E-state index in [9.17, 15) is 17.6 Å². The molecule has 1 saturated carbocycles. The van der Waals surface area contributed by atoms with Gasteiger partial charge in [0.25, 0.3) is 0 Å². The Balaban J connectivity index is 1.36. The Hall–Kier alpha value is -2.66. The highest BCUT2D eigenvalue weighted by Crippen LogP contribution is 2.37. The molecule has 1 aliphatic carbocycles. The molecule has 1 nitrogen and oxygen atoms in total. The van der Waals surface area contributed by atoms with Crippen molar-refractivity contribution in [2.45, 2.75) is 71.0 Å². The van der Waals surface area contributed by atoms with Gasteiger partial charge in [-0.2, -0.15) is 0 Å². The topological polar surface area (TPSA) is 9.23 Å². The van der Waals surface area contributed by atoms with Crippen molar-refractivity contribution in [2.24, 2.45) is 0 Å². The second-order valence-corrected chi connectivity index (χ2v) is 9.23. The first-order valence-corrected chi connectivity index (χ1v) is 12.0. The van der Waals surface area contributed by atoms with Crippen LogP contribution in [0.1, 0.15) is 67.2 Å². The van der Waals surface area contributed by atoms with Crippen LogP contribution in [0.4, 0.5) is 17.6 Å². The lowest BCUT2D eigenvalue weighted by Gasteiger charge is -2.29. The number of hydrogen-bond donors (Lipinski definition) is 0. The smallest absolute Gasteiger partial charge is 0.167 e. The van der Waals surface area contributed by atoms with E-state index in [1.54, 1.807) is 31.2 Å². The van der Waals surface area contributed by atoms with Crippen LogP contribution in [0.15, 0.2) is 48.5 Å². The second-order valence-electron chi connectivity index (χ2n) is 9.23. The molecule has 1 fully saturated rings. The van der Waals surface area contributed by atoms with Gasteiger partial charge < -0.3 is 4.74 Å². The molecule has 0 aromatic heterocycles. The third-order valence-corrected chi connectivity index (χ3v) is 6.86. The molecule has 0 radical (unpaired) electrons. The molecule has 0 aliphatic heterocycles. The first kappa shape index (κ1) is 24.5. The molecule has 0 heterocycles. The van der Waals surface area contributed by atoms with Gasteiger partial charge in [0, 0.05) is 11.1 Å². The zero-order valence-electron chi connectivity index (χ0n) is 19.6. The van der Waals surface area contributed by atoms with E-state index in [1.807, 2.05) is 24.3 Å². The van der Waals surface area contributed by atoms with E-state index >= 15 is 0 Å². The van der Waals surface area contributed by atoms with Crippen molar-refractivity contribution in [3.63, 3.8) is 0 Å². The zero-order valence-corrected chi connectivity index (χ0v) is 19.6. The van der Waals surface area contributed by atoms with Crippen LogP contribution < -0.4 is 0 Å². The van der Waals surface area contributed by atoms with E-state index in [0.717, 1.165) is 12.8 Å². The molecule has 34 heavy (non-hydrogen) atoms. The predicted octanol–water partition coefficient (Wildman–Crippen LogP) is 8.41. The minimum absolute atomic E-state index is 0.0265. The van der Waals surface area contributed by atoms with Crippen LogP contribution in [0, 0.1) is 30.2 Å². The molecule has 4 rings (SSSR count). The maximum absolute atomic E-state index is 14.8. The summed E-state index contributed by atoms with van der Waals surface area (Å²) in [6.45, 7) is 3.62. The minimum atomic E-state index is -0.888. The molecular formula is C29H30F4O. The third kappa shape index (κ3) is 5.20. The fourth-order valence-corrected chi connectivity index (χ4v) is 4.79. The standard InChI is InChI=1S/C29H30F4O/c1-3-4-19-6-8-20(9-7-19)25-16-12-22(27(31)29(25)33)17-34-23-13-10-21(11-14-23)24-15-5-18(2)26(30)28(24)32/h5-9,12,15-16,21,23H,3-4,10-11,13-14,17H2,1-2H3. The Morgan fingerprint density at radius 2 is 1.47 bits per heavy atom. The molecule has 5 heteroatoms. The number of ether oxygens (including phenoxy) is 1. The summed E-state index contributed by atoms with van der Waals surface area (Å²) in [7, 11) is 0. The Morgan fingerprint density at radius 3 is 2.15 bits per heavy atom. The zero-order chi connectivity index (χ0) is 24.2. The molecule has 0 saturated heterocycles. The van der Waals surface area contributed by atoms with Crippen LogP contribution in [-0.2, 0) is 17.8 Å². The van der Waals surface area contributed by atoms with Gasteiger partial charge in [-0.15, -0.1) is 0 Å². The largest absolute Gasteiger partial charge is 0.373 e. The average molecular weight is 471 g/mol. The summed E-state index contributed by atoms with van der Waals surface area (Å²) in [5.74, 6) is -3.37. The fourth-order valence-electron chi connectivity index (χ4n) is 4.79. The van der Waals surface area contributed by atoms with Gasteiger partial charge in [0.2, 0.25) is 0 Å². The summed E-state index contributed by atoms with van der Waals surface area (Å²) in [6, 6.07) is 14.0. The maximum atomic E-state index is 14.8. The summed E-state index contributed by atoms with van der Waals surface area (Å²) in [4.78, 5) is 0. The summed E-state index contributed by atoms with van der Waals surface area (Å²) in [5.41, 5.74) is 2.93.